The molecule has 4 heteroatoms. The number of carboxylic acids is 1. The Morgan fingerprint density at radius 3 is 2.71 bits per heavy atom. The predicted octanol–water partition coefficient (Wildman–Crippen LogP) is 2.23. The first-order chi connectivity index (χ1) is 6.61. The average molecular weight is 213 g/mol. The zero-order valence-corrected chi connectivity index (χ0v) is 8.03. The van der Waals surface area contributed by atoms with Crippen LogP contribution >= 0.6 is 11.6 Å². The van der Waals surface area contributed by atoms with Gasteiger partial charge in [0.1, 0.15) is 5.75 Å². The van der Waals surface area contributed by atoms with Crippen molar-refractivity contribution in [3.05, 3.63) is 28.8 Å². The molecule has 2 atom stereocenters. The van der Waals surface area contributed by atoms with Gasteiger partial charge in [0.15, 0.2) is 0 Å². The van der Waals surface area contributed by atoms with E-state index in [9.17, 15) is 9.90 Å². The standard InChI is InChI=1S/C10H9ClO3/c11-7-2-1-3-8(12)9(7)5-4-6(5)10(13)14/h1-3,5-6,12H,4H2,(H,13,14)/t5-,6-/m1/s1. The van der Waals surface area contributed by atoms with Crippen LogP contribution in [0.3, 0.4) is 0 Å². The van der Waals surface area contributed by atoms with Crippen LogP contribution < -0.4 is 0 Å². The lowest BCUT2D eigenvalue weighted by Gasteiger charge is -2.04. The first kappa shape index (κ1) is 9.34. The molecule has 0 bridgehead atoms. The van der Waals surface area contributed by atoms with E-state index in [2.05, 4.69) is 0 Å². The second-order valence-electron chi connectivity index (χ2n) is 3.46. The highest BCUT2D eigenvalue weighted by Crippen LogP contribution is 2.52. The minimum atomic E-state index is -0.825. The zero-order chi connectivity index (χ0) is 10.3. The summed E-state index contributed by atoms with van der Waals surface area (Å²) in [5.41, 5.74) is 0.571. The highest BCUT2D eigenvalue weighted by molar-refractivity contribution is 6.31. The maximum absolute atomic E-state index is 10.6. The van der Waals surface area contributed by atoms with Gasteiger partial charge in [-0.25, -0.2) is 0 Å². The third-order valence-corrected chi connectivity index (χ3v) is 2.84. The second kappa shape index (κ2) is 3.17. The van der Waals surface area contributed by atoms with Gasteiger partial charge in [-0.05, 0) is 18.6 Å². The lowest BCUT2D eigenvalue weighted by molar-refractivity contribution is -0.138. The van der Waals surface area contributed by atoms with Crippen LogP contribution in [0.25, 0.3) is 0 Å². The average Bonchev–Trinajstić information content (AvgIpc) is 2.83. The minimum Gasteiger partial charge on any atom is -0.508 e. The van der Waals surface area contributed by atoms with Gasteiger partial charge in [-0.2, -0.15) is 0 Å². The summed E-state index contributed by atoms with van der Waals surface area (Å²) < 4.78 is 0. The Morgan fingerprint density at radius 1 is 1.50 bits per heavy atom. The van der Waals surface area contributed by atoms with E-state index in [1.807, 2.05) is 0 Å². The Balaban J connectivity index is 2.31. The largest absolute Gasteiger partial charge is 0.508 e. The molecule has 0 unspecified atom stereocenters. The summed E-state index contributed by atoms with van der Waals surface area (Å²) in [7, 11) is 0. The summed E-state index contributed by atoms with van der Waals surface area (Å²) >= 11 is 5.88. The van der Waals surface area contributed by atoms with Crippen molar-refractivity contribution < 1.29 is 15.0 Å². The van der Waals surface area contributed by atoms with E-state index in [4.69, 9.17) is 16.7 Å². The molecule has 2 N–H and O–H groups in total. The summed E-state index contributed by atoms with van der Waals surface area (Å²) in [5.74, 6) is -1.25. The smallest absolute Gasteiger partial charge is 0.307 e. The van der Waals surface area contributed by atoms with Gasteiger partial charge in [-0.15, -0.1) is 0 Å². The van der Waals surface area contributed by atoms with Gasteiger partial charge in [-0.1, -0.05) is 17.7 Å². The van der Waals surface area contributed by atoms with Crippen molar-refractivity contribution in [2.24, 2.45) is 5.92 Å². The SMILES string of the molecule is O=C(O)[C@@H]1C[C@H]1c1c(O)cccc1Cl. The molecule has 1 aromatic carbocycles. The Labute approximate surface area is 85.9 Å². The van der Waals surface area contributed by atoms with Gasteiger partial charge in [0, 0.05) is 16.5 Å². The number of hydrogen-bond acceptors (Lipinski definition) is 2. The summed E-state index contributed by atoms with van der Waals surface area (Å²) in [6, 6.07) is 4.83. The molecule has 3 nitrogen and oxygen atoms in total. The molecule has 0 amide bonds. The highest BCUT2D eigenvalue weighted by atomic mass is 35.5. The van der Waals surface area contributed by atoms with E-state index in [0.717, 1.165) is 0 Å². The fraction of sp³-hybridized carbons (Fsp3) is 0.300. The normalized spacial score (nSPS) is 24.6. The van der Waals surface area contributed by atoms with Crippen molar-refractivity contribution in [3.63, 3.8) is 0 Å². The number of rotatable bonds is 2. The molecule has 0 heterocycles. The number of carbonyl (C=O) groups is 1. The van der Waals surface area contributed by atoms with Gasteiger partial charge >= 0.3 is 5.97 Å². The van der Waals surface area contributed by atoms with E-state index >= 15 is 0 Å². The van der Waals surface area contributed by atoms with E-state index in [1.54, 1.807) is 12.1 Å². The number of hydrogen-bond donors (Lipinski definition) is 2. The maximum atomic E-state index is 10.6. The van der Waals surface area contributed by atoms with Crippen LogP contribution in [0.1, 0.15) is 17.9 Å². The van der Waals surface area contributed by atoms with Gasteiger partial charge in [0.25, 0.3) is 0 Å². The molecule has 0 saturated heterocycles. The van der Waals surface area contributed by atoms with Gasteiger partial charge in [-0.3, -0.25) is 4.79 Å². The lowest BCUT2D eigenvalue weighted by Crippen LogP contribution is -1.99. The number of phenols is 1. The minimum absolute atomic E-state index is 0.0891. The fourth-order valence-electron chi connectivity index (χ4n) is 1.68. The summed E-state index contributed by atoms with van der Waals surface area (Å²) in [4.78, 5) is 10.6. The molecule has 1 aliphatic rings. The molecular weight excluding hydrogens is 204 g/mol. The summed E-state index contributed by atoms with van der Waals surface area (Å²) in [6.07, 6.45) is 0.562. The molecule has 0 spiro atoms. The first-order valence-corrected chi connectivity index (χ1v) is 4.69. The van der Waals surface area contributed by atoms with Crippen LogP contribution in [-0.2, 0) is 4.79 Å². The Morgan fingerprint density at radius 2 is 2.21 bits per heavy atom. The number of benzene rings is 1. The Bertz CT molecular complexity index is 369. The van der Waals surface area contributed by atoms with Crippen molar-refractivity contribution >= 4 is 17.6 Å². The third-order valence-electron chi connectivity index (χ3n) is 2.51. The molecule has 1 aliphatic carbocycles. The van der Waals surface area contributed by atoms with Crippen LogP contribution in [-0.4, -0.2) is 16.2 Å². The molecule has 0 radical (unpaired) electrons. The molecule has 0 aromatic heterocycles. The first-order valence-electron chi connectivity index (χ1n) is 4.31. The molecule has 0 aliphatic heterocycles. The quantitative estimate of drug-likeness (QED) is 0.791. The second-order valence-corrected chi connectivity index (χ2v) is 3.87. The Kier molecular flexibility index (Phi) is 2.11. The summed E-state index contributed by atoms with van der Waals surface area (Å²) in [5, 5.41) is 18.7. The molecule has 2 rings (SSSR count). The number of aromatic hydroxyl groups is 1. The highest BCUT2D eigenvalue weighted by Gasteiger charge is 2.46. The van der Waals surface area contributed by atoms with Crippen molar-refractivity contribution in [2.75, 3.05) is 0 Å². The summed E-state index contributed by atoms with van der Waals surface area (Å²) in [6.45, 7) is 0. The molecule has 1 fully saturated rings. The number of aliphatic carboxylic acids is 1. The van der Waals surface area contributed by atoms with Crippen molar-refractivity contribution in [3.8, 4) is 5.75 Å². The van der Waals surface area contributed by atoms with Crippen molar-refractivity contribution in [2.45, 2.75) is 12.3 Å². The lowest BCUT2D eigenvalue weighted by atomic mass is 10.1. The molecule has 1 saturated carbocycles. The van der Waals surface area contributed by atoms with Crippen LogP contribution in [0.2, 0.25) is 5.02 Å². The number of halogens is 1. The van der Waals surface area contributed by atoms with Crippen LogP contribution in [0.15, 0.2) is 18.2 Å². The van der Waals surface area contributed by atoms with E-state index in [1.165, 1.54) is 6.07 Å². The van der Waals surface area contributed by atoms with E-state index in [-0.39, 0.29) is 17.6 Å². The zero-order valence-electron chi connectivity index (χ0n) is 7.27. The maximum Gasteiger partial charge on any atom is 0.307 e. The van der Waals surface area contributed by atoms with Crippen molar-refractivity contribution in [1.29, 1.82) is 0 Å². The van der Waals surface area contributed by atoms with Crippen molar-refractivity contribution in [1.82, 2.24) is 0 Å². The molecule has 14 heavy (non-hydrogen) atoms. The van der Waals surface area contributed by atoms with Crippen LogP contribution in [0, 0.1) is 5.92 Å². The monoisotopic (exact) mass is 212 g/mol. The van der Waals surface area contributed by atoms with E-state index in [0.29, 0.717) is 17.0 Å². The van der Waals surface area contributed by atoms with Gasteiger partial charge in [0.2, 0.25) is 0 Å². The fourth-order valence-corrected chi connectivity index (χ4v) is 1.99. The molecule has 1 aromatic rings. The third kappa shape index (κ3) is 1.44. The van der Waals surface area contributed by atoms with E-state index < -0.39 is 5.97 Å². The topological polar surface area (TPSA) is 57.5 Å². The molecule has 74 valence electrons. The number of phenolic OH excluding ortho intramolecular Hbond substituents is 1. The van der Waals surface area contributed by atoms with Gasteiger partial charge in [0.05, 0.1) is 5.92 Å². The Hall–Kier alpha value is -1.22. The molecular formula is C10H9ClO3. The predicted molar refractivity (Wildman–Crippen MR) is 51.6 cm³/mol. The van der Waals surface area contributed by atoms with Gasteiger partial charge < -0.3 is 10.2 Å². The number of carboxylic acid groups (broad SMARTS) is 1. The van der Waals surface area contributed by atoms with Crippen LogP contribution in [0.4, 0.5) is 0 Å². The van der Waals surface area contributed by atoms with Crippen LogP contribution in [0.5, 0.6) is 5.75 Å².